The number of para-hydroxylation sites is 1. The zero-order valence-electron chi connectivity index (χ0n) is 11.7. The molecular weight excluding hydrogens is 262 g/mol. The summed E-state index contributed by atoms with van der Waals surface area (Å²) in [7, 11) is 0. The first-order valence-electron chi connectivity index (χ1n) is 7.12. The van der Waals surface area contributed by atoms with Gasteiger partial charge >= 0.3 is 6.09 Å². The molecule has 2 aromatic rings. The number of benzene rings is 2. The highest BCUT2D eigenvalue weighted by atomic mass is 16.6. The van der Waals surface area contributed by atoms with Gasteiger partial charge in [0.05, 0.1) is 0 Å². The minimum atomic E-state index is -0.325. The van der Waals surface area contributed by atoms with Crippen LogP contribution in [-0.2, 0) is 0 Å². The highest BCUT2D eigenvalue weighted by Crippen LogP contribution is 2.25. The van der Waals surface area contributed by atoms with Crippen molar-refractivity contribution in [1.82, 2.24) is 4.90 Å². The van der Waals surface area contributed by atoms with Crippen molar-refractivity contribution >= 4 is 11.7 Å². The number of amides is 1. The largest absolute Gasteiger partial charge is 0.419 e. The molecule has 1 heterocycles. The van der Waals surface area contributed by atoms with Gasteiger partial charge < -0.3 is 4.74 Å². The molecule has 1 aliphatic heterocycles. The van der Waals surface area contributed by atoms with Crippen LogP contribution >= 0.6 is 0 Å². The van der Waals surface area contributed by atoms with Crippen LogP contribution in [0.2, 0.25) is 0 Å². The minimum absolute atomic E-state index is 0.325. The van der Waals surface area contributed by atoms with Crippen molar-refractivity contribution in [3.05, 3.63) is 72.4 Å². The first kappa shape index (κ1) is 13.4. The van der Waals surface area contributed by atoms with E-state index in [2.05, 4.69) is 12.1 Å². The van der Waals surface area contributed by atoms with Crippen LogP contribution in [0.5, 0.6) is 5.75 Å². The third kappa shape index (κ3) is 3.31. The molecule has 0 aromatic heterocycles. The number of nitrogens with zero attached hydrogens (tertiary/aromatic N) is 1. The van der Waals surface area contributed by atoms with Gasteiger partial charge in [-0.1, -0.05) is 48.5 Å². The number of hydrogen-bond donors (Lipinski definition) is 0. The molecular formula is C18H17NO2. The molecule has 3 rings (SSSR count). The molecule has 0 fully saturated rings. The van der Waals surface area contributed by atoms with Gasteiger partial charge in [0.1, 0.15) is 5.75 Å². The summed E-state index contributed by atoms with van der Waals surface area (Å²) in [6.45, 7) is 0.696. The highest BCUT2D eigenvalue weighted by molar-refractivity contribution is 5.76. The molecule has 106 valence electrons. The van der Waals surface area contributed by atoms with Gasteiger partial charge in [-0.3, -0.25) is 4.90 Å². The Bertz CT molecular complexity index is 635. The molecule has 0 N–H and O–H groups in total. The molecule has 0 saturated carbocycles. The van der Waals surface area contributed by atoms with Crippen molar-refractivity contribution in [2.24, 2.45) is 0 Å². The van der Waals surface area contributed by atoms with E-state index in [1.54, 1.807) is 17.0 Å². The van der Waals surface area contributed by atoms with Gasteiger partial charge in [-0.2, -0.15) is 0 Å². The molecule has 3 nitrogen and oxygen atoms in total. The van der Waals surface area contributed by atoms with E-state index in [1.807, 2.05) is 42.6 Å². The fourth-order valence-corrected chi connectivity index (χ4v) is 2.42. The molecule has 0 spiro atoms. The van der Waals surface area contributed by atoms with E-state index in [4.69, 9.17) is 4.74 Å². The van der Waals surface area contributed by atoms with E-state index < -0.39 is 0 Å². The van der Waals surface area contributed by atoms with E-state index in [9.17, 15) is 4.79 Å². The summed E-state index contributed by atoms with van der Waals surface area (Å²) < 4.78 is 5.38. The lowest BCUT2D eigenvalue weighted by atomic mass is 10.00. The molecule has 21 heavy (non-hydrogen) atoms. The Morgan fingerprint density at radius 3 is 2.33 bits per heavy atom. The molecule has 1 aliphatic rings. The summed E-state index contributed by atoms with van der Waals surface area (Å²) >= 11 is 0. The van der Waals surface area contributed by atoms with Gasteiger partial charge in [0.25, 0.3) is 0 Å². The average Bonchev–Trinajstić information content (AvgIpc) is 2.57. The van der Waals surface area contributed by atoms with Crippen molar-refractivity contribution < 1.29 is 9.53 Å². The van der Waals surface area contributed by atoms with E-state index in [-0.39, 0.29) is 6.09 Å². The van der Waals surface area contributed by atoms with E-state index >= 15 is 0 Å². The summed E-state index contributed by atoms with van der Waals surface area (Å²) in [5, 5.41) is 0. The normalized spacial score (nSPS) is 14.5. The topological polar surface area (TPSA) is 29.5 Å². The van der Waals surface area contributed by atoms with E-state index in [0.717, 1.165) is 18.4 Å². The van der Waals surface area contributed by atoms with Gasteiger partial charge in [-0.15, -0.1) is 0 Å². The number of carbonyl (C=O) groups excluding carboxylic acids is 1. The Morgan fingerprint density at radius 2 is 1.62 bits per heavy atom. The van der Waals surface area contributed by atoms with Gasteiger partial charge in [0.2, 0.25) is 0 Å². The maximum Gasteiger partial charge on any atom is 0.419 e. The second-order valence-corrected chi connectivity index (χ2v) is 5.00. The maximum absolute atomic E-state index is 12.2. The lowest BCUT2D eigenvalue weighted by Gasteiger charge is -2.24. The molecule has 0 aliphatic carbocycles. The number of rotatable bonds is 2. The second kappa shape index (κ2) is 6.27. The van der Waals surface area contributed by atoms with Crippen LogP contribution in [0, 0.1) is 0 Å². The zero-order chi connectivity index (χ0) is 14.5. The minimum Gasteiger partial charge on any atom is -0.410 e. The zero-order valence-corrected chi connectivity index (χ0v) is 11.7. The van der Waals surface area contributed by atoms with Crippen LogP contribution in [0.1, 0.15) is 18.4 Å². The Balaban J connectivity index is 1.75. The van der Waals surface area contributed by atoms with Crippen LogP contribution in [0.3, 0.4) is 0 Å². The monoisotopic (exact) mass is 279 g/mol. The lowest BCUT2D eigenvalue weighted by molar-refractivity contribution is 0.168. The molecule has 1 amide bonds. The Morgan fingerprint density at radius 1 is 0.952 bits per heavy atom. The summed E-state index contributed by atoms with van der Waals surface area (Å²) in [4.78, 5) is 13.9. The van der Waals surface area contributed by atoms with Crippen molar-refractivity contribution in [3.8, 4) is 5.75 Å². The van der Waals surface area contributed by atoms with Crippen LogP contribution in [0.15, 0.2) is 66.9 Å². The molecule has 3 heteroatoms. The van der Waals surface area contributed by atoms with E-state index in [1.165, 1.54) is 5.57 Å². The smallest absolute Gasteiger partial charge is 0.410 e. The molecule has 0 atom stereocenters. The summed E-state index contributed by atoms with van der Waals surface area (Å²) in [6.07, 6.45) is 3.52. The standard InChI is InChI=1S/C18H17NO2/c20-18(21-17-11-5-2-6-12-17)19-13-7-10-16(14-19)15-8-3-1-4-9-15/h1-6,8-9,11-12,14H,7,10,13H2. The number of carbonyl (C=O) groups is 1. The molecule has 0 saturated heterocycles. The number of hydrogen-bond acceptors (Lipinski definition) is 2. The third-order valence-corrected chi connectivity index (χ3v) is 3.48. The molecule has 0 radical (unpaired) electrons. The van der Waals surface area contributed by atoms with Crippen LogP contribution in [-0.4, -0.2) is 17.5 Å². The van der Waals surface area contributed by atoms with Crippen molar-refractivity contribution in [3.63, 3.8) is 0 Å². The maximum atomic E-state index is 12.2. The SMILES string of the molecule is O=C(Oc1ccccc1)N1C=C(c2ccccc2)CCC1. The van der Waals surface area contributed by atoms with Crippen molar-refractivity contribution in [2.75, 3.05) is 6.54 Å². The number of allylic oxidation sites excluding steroid dienone is 1. The first-order chi connectivity index (χ1) is 10.3. The predicted octanol–water partition coefficient (Wildman–Crippen LogP) is 4.32. The highest BCUT2D eigenvalue weighted by Gasteiger charge is 2.19. The van der Waals surface area contributed by atoms with E-state index in [0.29, 0.717) is 12.3 Å². The van der Waals surface area contributed by atoms with Crippen LogP contribution in [0.4, 0.5) is 4.79 Å². The van der Waals surface area contributed by atoms with Gasteiger partial charge in [-0.25, -0.2) is 4.79 Å². The van der Waals surface area contributed by atoms with Gasteiger partial charge in [0.15, 0.2) is 0 Å². The van der Waals surface area contributed by atoms with Crippen molar-refractivity contribution in [2.45, 2.75) is 12.8 Å². The van der Waals surface area contributed by atoms with Crippen LogP contribution in [0.25, 0.3) is 5.57 Å². The fourth-order valence-electron chi connectivity index (χ4n) is 2.42. The summed E-state index contributed by atoms with van der Waals surface area (Å²) in [5.41, 5.74) is 2.33. The van der Waals surface area contributed by atoms with Gasteiger partial charge in [-0.05, 0) is 36.1 Å². The Labute approximate surface area is 124 Å². The molecule has 0 bridgehead atoms. The predicted molar refractivity (Wildman–Crippen MR) is 82.8 cm³/mol. The Kier molecular flexibility index (Phi) is 4.01. The van der Waals surface area contributed by atoms with Crippen LogP contribution < -0.4 is 4.74 Å². The second-order valence-electron chi connectivity index (χ2n) is 5.00. The first-order valence-corrected chi connectivity index (χ1v) is 7.12. The third-order valence-electron chi connectivity index (χ3n) is 3.48. The number of ether oxygens (including phenoxy) is 1. The summed E-state index contributed by atoms with van der Waals surface area (Å²) in [6, 6.07) is 19.3. The van der Waals surface area contributed by atoms with Crippen molar-refractivity contribution in [1.29, 1.82) is 0 Å². The average molecular weight is 279 g/mol. The lowest BCUT2D eigenvalue weighted by Crippen LogP contribution is -2.32. The van der Waals surface area contributed by atoms with Gasteiger partial charge in [0, 0.05) is 12.7 Å². The Hall–Kier alpha value is -2.55. The fraction of sp³-hybridized carbons (Fsp3) is 0.167. The quantitative estimate of drug-likeness (QED) is 0.819. The summed E-state index contributed by atoms with van der Waals surface area (Å²) in [5.74, 6) is 0.572. The molecule has 0 unspecified atom stereocenters. The molecule has 2 aromatic carbocycles.